The van der Waals surface area contributed by atoms with Gasteiger partial charge in [0.2, 0.25) is 0 Å². The van der Waals surface area contributed by atoms with Crippen molar-refractivity contribution < 1.29 is 28.2 Å². The van der Waals surface area contributed by atoms with Gasteiger partial charge in [-0.3, -0.25) is 9.59 Å². The van der Waals surface area contributed by atoms with E-state index in [1.165, 1.54) is 0 Å². The zero-order valence-electron chi connectivity index (χ0n) is 22.2. The van der Waals surface area contributed by atoms with Gasteiger partial charge in [-0.1, -0.05) is 45.9 Å². The fourth-order valence-electron chi connectivity index (χ4n) is 5.88. The fraction of sp³-hybridized carbons (Fsp3) is 0.643. The van der Waals surface area contributed by atoms with Crippen LogP contribution in [0.1, 0.15) is 58.9 Å². The Hall–Kier alpha value is -1.96. The van der Waals surface area contributed by atoms with E-state index in [1.54, 1.807) is 13.2 Å². The van der Waals surface area contributed by atoms with Gasteiger partial charge in [-0.2, -0.15) is 0 Å². The Labute approximate surface area is 210 Å². The van der Waals surface area contributed by atoms with Crippen LogP contribution in [0.2, 0.25) is 18.1 Å². The van der Waals surface area contributed by atoms with Crippen molar-refractivity contribution in [3.63, 3.8) is 0 Å². The largest absolute Gasteiger partial charge is 0.497 e. The minimum Gasteiger partial charge on any atom is -0.497 e. The molecular weight excluding hydrogens is 460 g/mol. The summed E-state index contributed by atoms with van der Waals surface area (Å²) in [5, 5.41) is 0.0785. The predicted molar refractivity (Wildman–Crippen MR) is 137 cm³/mol. The van der Waals surface area contributed by atoms with E-state index in [1.807, 2.05) is 30.3 Å². The van der Waals surface area contributed by atoms with Crippen LogP contribution in [-0.2, 0) is 30.1 Å². The quantitative estimate of drug-likeness (QED) is 0.358. The number of rotatable bonds is 7. The molecule has 0 radical (unpaired) electrons. The summed E-state index contributed by atoms with van der Waals surface area (Å²) in [6.07, 6.45) is 5.51. The molecule has 1 saturated heterocycles. The van der Waals surface area contributed by atoms with Crippen LogP contribution >= 0.6 is 0 Å². The third-order valence-electron chi connectivity index (χ3n) is 9.19. The minimum atomic E-state index is -2.03. The lowest BCUT2D eigenvalue weighted by atomic mass is 9.56. The molecule has 0 unspecified atom stereocenters. The van der Waals surface area contributed by atoms with Crippen LogP contribution in [0.25, 0.3) is 0 Å². The number of methoxy groups -OCH3 is 1. The summed E-state index contributed by atoms with van der Waals surface area (Å²) in [6, 6.07) is 7.78. The molecule has 1 aliphatic heterocycles. The highest BCUT2D eigenvalue weighted by atomic mass is 28.4. The van der Waals surface area contributed by atoms with Crippen LogP contribution in [0.15, 0.2) is 36.4 Å². The van der Waals surface area contributed by atoms with Crippen molar-refractivity contribution >= 4 is 20.1 Å². The summed E-state index contributed by atoms with van der Waals surface area (Å²) in [4.78, 5) is 25.5. The molecule has 2 fully saturated rings. The zero-order valence-corrected chi connectivity index (χ0v) is 23.2. The maximum absolute atomic E-state index is 13.5. The highest BCUT2D eigenvalue weighted by Gasteiger charge is 2.75. The van der Waals surface area contributed by atoms with Crippen molar-refractivity contribution in [3.8, 4) is 5.75 Å². The molecule has 192 valence electrons. The molecule has 3 aliphatic rings. The molecule has 4 atom stereocenters. The first-order valence-corrected chi connectivity index (χ1v) is 15.5. The lowest BCUT2D eigenvalue weighted by Gasteiger charge is -2.43. The lowest BCUT2D eigenvalue weighted by Crippen LogP contribution is -2.50. The molecule has 1 aromatic rings. The summed E-state index contributed by atoms with van der Waals surface area (Å²) in [7, 11) is -0.387. The van der Waals surface area contributed by atoms with E-state index in [4.69, 9.17) is 18.6 Å². The van der Waals surface area contributed by atoms with Crippen LogP contribution in [0.4, 0.5) is 0 Å². The average Bonchev–Trinajstić information content (AvgIpc) is 3.13. The number of fused-ring (bicyclic) bond motifs is 2. The van der Waals surface area contributed by atoms with E-state index in [-0.39, 0.29) is 22.9 Å². The van der Waals surface area contributed by atoms with E-state index >= 15 is 0 Å². The molecule has 35 heavy (non-hydrogen) atoms. The third kappa shape index (κ3) is 4.29. The van der Waals surface area contributed by atoms with Gasteiger partial charge < -0.3 is 18.6 Å². The number of esters is 1. The first-order chi connectivity index (χ1) is 16.3. The Balaban J connectivity index is 1.61. The Morgan fingerprint density at radius 3 is 2.37 bits per heavy atom. The predicted octanol–water partition coefficient (Wildman–Crippen LogP) is 5.60. The Bertz CT molecular complexity index is 1010. The Morgan fingerprint density at radius 1 is 1.11 bits per heavy atom. The van der Waals surface area contributed by atoms with Crippen molar-refractivity contribution in [3.05, 3.63) is 42.0 Å². The zero-order chi connectivity index (χ0) is 25.7. The monoisotopic (exact) mass is 500 g/mol. The van der Waals surface area contributed by atoms with Gasteiger partial charge in [-0.15, -0.1) is 0 Å². The molecule has 7 heteroatoms. The van der Waals surface area contributed by atoms with E-state index in [0.717, 1.165) is 11.3 Å². The van der Waals surface area contributed by atoms with Gasteiger partial charge in [-0.25, -0.2) is 0 Å². The number of ketones is 1. The summed E-state index contributed by atoms with van der Waals surface area (Å²) in [6.45, 7) is 14.1. The topological polar surface area (TPSA) is 71.1 Å². The molecule has 0 aromatic heterocycles. The molecular formula is C28H40O6Si. The van der Waals surface area contributed by atoms with Gasteiger partial charge in [0, 0.05) is 24.4 Å². The number of carbonyl (C=O) groups excluding carboxylic acids is 2. The molecule has 1 saturated carbocycles. The SMILES string of the molecule is COc1ccc(COC[C@@]23C[C@H](O[Si](C)(C)C(C)(C)C)C[C@]2(C)[C@@]2(C=CC(=O)CC2)C(=O)O3)cc1. The van der Waals surface area contributed by atoms with Crippen molar-refractivity contribution in [2.24, 2.45) is 10.8 Å². The van der Waals surface area contributed by atoms with Crippen molar-refractivity contribution in [2.75, 3.05) is 13.7 Å². The van der Waals surface area contributed by atoms with Gasteiger partial charge in [0.05, 0.1) is 25.7 Å². The summed E-state index contributed by atoms with van der Waals surface area (Å²) >= 11 is 0. The third-order valence-corrected chi connectivity index (χ3v) is 13.7. The summed E-state index contributed by atoms with van der Waals surface area (Å²) in [5.41, 5.74) is -1.12. The van der Waals surface area contributed by atoms with Crippen molar-refractivity contribution in [1.29, 1.82) is 0 Å². The maximum Gasteiger partial charge on any atom is 0.317 e. The molecule has 6 nitrogen and oxygen atoms in total. The van der Waals surface area contributed by atoms with E-state index in [9.17, 15) is 9.59 Å². The molecule has 1 spiro atoms. The number of hydrogen-bond donors (Lipinski definition) is 0. The van der Waals surface area contributed by atoms with Crippen molar-refractivity contribution in [1.82, 2.24) is 0 Å². The fourth-order valence-corrected chi connectivity index (χ4v) is 7.23. The normalized spacial score (nSPS) is 32.7. The van der Waals surface area contributed by atoms with Gasteiger partial charge in [-0.05, 0) is 54.7 Å². The highest BCUT2D eigenvalue weighted by molar-refractivity contribution is 6.74. The summed E-state index contributed by atoms with van der Waals surface area (Å²) < 4.78 is 24.6. The van der Waals surface area contributed by atoms with E-state index < -0.39 is 24.7 Å². The molecule has 2 aliphatic carbocycles. The first-order valence-electron chi connectivity index (χ1n) is 12.6. The number of allylic oxidation sites excluding steroid dienone is 1. The highest BCUT2D eigenvalue weighted by Crippen LogP contribution is 2.67. The van der Waals surface area contributed by atoms with E-state index in [2.05, 4.69) is 40.8 Å². The lowest BCUT2D eigenvalue weighted by molar-refractivity contribution is -0.160. The van der Waals surface area contributed by atoms with Gasteiger partial charge in [0.1, 0.15) is 11.4 Å². The van der Waals surface area contributed by atoms with Gasteiger partial charge in [0.15, 0.2) is 14.1 Å². The Morgan fingerprint density at radius 2 is 1.80 bits per heavy atom. The van der Waals surface area contributed by atoms with Crippen LogP contribution < -0.4 is 4.74 Å². The Kier molecular flexibility index (Phi) is 6.61. The molecule has 0 amide bonds. The molecule has 0 bridgehead atoms. The molecule has 1 heterocycles. The number of ether oxygens (including phenoxy) is 3. The van der Waals surface area contributed by atoms with Crippen LogP contribution in [0.5, 0.6) is 5.75 Å². The second kappa shape index (κ2) is 8.85. The van der Waals surface area contributed by atoms with Crippen LogP contribution in [0.3, 0.4) is 0 Å². The van der Waals surface area contributed by atoms with Crippen LogP contribution in [-0.4, -0.2) is 45.5 Å². The first kappa shape index (κ1) is 26.1. The smallest absolute Gasteiger partial charge is 0.317 e. The number of benzene rings is 1. The molecule has 0 N–H and O–H groups in total. The minimum absolute atomic E-state index is 0.0264. The molecule has 4 rings (SSSR count). The van der Waals surface area contributed by atoms with Crippen molar-refractivity contribution in [2.45, 2.75) is 89.8 Å². The average molecular weight is 501 g/mol. The number of carbonyl (C=O) groups is 2. The standard InChI is InChI=1S/C28H40O6Si/c1-25(2,3)35(6,7)34-23-16-26(4)27(14-12-21(29)13-15-27)24(30)33-28(26,17-23)19-32-18-20-8-10-22(31-5)11-9-20/h8-12,14,23H,13,15-19H2,1-7H3/t23-,26-,27-,28+/m1/s1. The van der Waals surface area contributed by atoms with E-state index in [0.29, 0.717) is 38.9 Å². The molecule has 1 aromatic carbocycles. The second-order valence-corrected chi connectivity index (χ2v) is 17.0. The van der Waals surface area contributed by atoms with Crippen LogP contribution in [0, 0.1) is 10.8 Å². The van der Waals surface area contributed by atoms with Gasteiger partial charge >= 0.3 is 5.97 Å². The number of hydrogen-bond acceptors (Lipinski definition) is 6. The summed E-state index contributed by atoms with van der Waals surface area (Å²) in [5.74, 6) is 0.626. The maximum atomic E-state index is 13.5. The second-order valence-electron chi connectivity index (χ2n) is 12.2. The van der Waals surface area contributed by atoms with Gasteiger partial charge in [0.25, 0.3) is 0 Å².